The molecule has 2 amide bonds. The number of benzene rings is 2. The van der Waals surface area contributed by atoms with Crippen molar-refractivity contribution >= 4 is 23.5 Å². The van der Waals surface area contributed by atoms with Gasteiger partial charge >= 0.3 is 6.01 Å². The highest BCUT2D eigenvalue weighted by atomic mass is 16.5. The van der Waals surface area contributed by atoms with Crippen LogP contribution in [0.5, 0.6) is 5.75 Å². The van der Waals surface area contributed by atoms with E-state index in [0.717, 1.165) is 11.4 Å². The van der Waals surface area contributed by atoms with E-state index >= 15 is 0 Å². The van der Waals surface area contributed by atoms with Gasteiger partial charge in [0.1, 0.15) is 5.75 Å². The molecule has 1 saturated heterocycles. The summed E-state index contributed by atoms with van der Waals surface area (Å²) in [6, 6.07) is 16.1. The molecular formula is C21H20N4O4. The summed E-state index contributed by atoms with van der Waals surface area (Å²) in [4.78, 5) is 26.4. The van der Waals surface area contributed by atoms with E-state index in [4.69, 9.17) is 9.15 Å². The first-order chi connectivity index (χ1) is 14.1. The third kappa shape index (κ3) is 4.11. The van der Waals surface area contributed by atoms with Crippen LogP contribution in [0.1, 0.15) is 35.5 Å². The summed E-state index contributed by atoms with van der Waals surface area (Å²) in [7, 11) is 0. The van der Waals surface area contributed by atoms with Gasteiger partial charge in [0, 0.05) is 24.2 Å². The number of rotatable bonds is 6. The first-order valence-electron chi connectivity index (χ1n) is 9.37. The fourth-order valence-corrected chi connectivity index (χ4v) is 3.22. The zero-order valence-electron chi connectivity index (χ0n) is 15.9. The summed E-state index contributed by atoms with van der Waals surface area (Å²) < 4.78 is 11.0. The van der Waals surface area contributed by atoms with Crippen LogP contribution in [-0.4, -0.2) is 35.2 Å². The molecule has 1 N–H and O–H groups in total. The molecule has 1 aliphatic heterocycles. The number of aromatic nitrogens is 2. The predicted octanol–water partition coefficient (Wildman–Crippen LogP) is 3.24. The van der Waals surface area contributed by atoms with Crippen molar-refractivity contribution < 1.29 is 18.7 Å². The minimum absolute atomic E-state index is 0.0146. The highest BCUT2D eigenvalue weighted by Crippen LogP contribution is 2.32. The van der Waals surface area contributed by atoms with Crippen molar-refractivity contribution in [3.05, 3.63) is 66.1 Å². The highest BCUT2D eigenvalue weighted by molar-refractivity contribution is 6.03. The topological polar surface area (TPSA) is 97.6 Å². The largest absolute Gasteiger partial charge is 0.494 e. The number of hydrogen-bond acceptors (Lipinski definition) is 6. The quantitative estimate of drug-likeness (QED) is 0.692. The molecule has 8 nitrogen and oxygen atoms in total. The van der Waals surface area contributed by atoms with Crippen LogP contribution in [0.4, 0.5) is 11.7 Å². The van der Waals surface area contributed by atoms with Gasteiger partial charge < -0.3 is 14.1 Å². The Hall–Kier alpha value is -3.68. The zero-order valence-corrected chi connectivity index (χ0v) is 15.9. The van der Waals surface area contributed by atoms with Crippen LogP contribution >= 0.6 is 0 Å². The lowest BCUT2D eigenvalue weighted by atomic mass is 10.1. The van der Waals surface area contributed by atoms with Crippen molar-refractivity contribution in [2.45, 2.75) is 19.3 Å². The molecule has 0 bridgehead atoms. The lowest BCUT2D eigenvalue weighted by Gasteiger charge is -2.16. The van der Waals surface area contributed by atoms with Gasteiger partial charge in [-0.1, -0.05) is 23.3 Å². The van der Waals surface area contributed by atoms with Crippen LogP contribution in [0.15, 0.2) is 59.0 Å². The molecule has 29 heavy (non-hydrogen) atoms. The summed E-state index contributed by atoms with van der Waals surface area (Å²) in [5.41, 5.74) is 1.28. The van der Waals surface area contributed by atoms with E-state index < -0.39 is 0 Å². The van der Waals surface area contributed by atoms with Crippen molar-refractivity contribution in [3.8, 4) is 5.75 Å². The number of nitrogens with one attached hydrogen (secondary N) is 1. The minimum Gasteiger partial charge on any atom is -0.494 e. The van der Waals surface area contributed by atoms with Gasteiger partial charge in [0.15, 0.2) is 0 Å². The maximum absolute atomic E-state index is 12.5. The lowest BCUT2D eigenvalue weighted by molar-refractivity contribution is -0.117. The Balaban J connectivity index is 1.42. The van der Waals surface area contributed by atoms with Gasteiger partial charge in [-0.3, -0.25) is 14.9 Å². The number of carbonyl (C=O) groups is 2. The Morgan fingerprint density at radius 1 is 1.17 bits per heavy atom. The van der Waals surface area contributed by atoms with Gasteiger partial charge in [-0.25, -0.2) is 0 Å². The average molecular weight is 392 g/mol. The first-order valence-corrected chi connectivity index (χ1v) is 9.37. The fourth-order valence-electron chi connectivity index (χ4n) is 3.22. The molecule has 0 radical (unpaired) electrons. The molecule has 1 aliphatic rings. The molecule has 1 aromatic heterocycles. The Morgan fingerprint density at radius 3 is 2.66 bits per heavy atom. The van der Waals surface area contributed by atoms with Gasteiger partial charge in [-0.2, -0.15) is 0 Å². The maximum Gasteiger partial charge on any atom is 0.322 e. The Labute approximate surface area is 167 Å². The average Bonchev–Trinajstić information content (AvgIpc) is 3.36. The fraction of sp³-hybridized carbons (Fsp3) is 0.238. The zero-order chi connectivity index (χ0) is 20.2. The molecular weight excluding hydrogens is 372 g/mol. The SMILES string of the molecule is CCOc1ccc(N2C[C@@H](c3nnc(NC(=O)c4ccccc4)o3)CC2=O)cc1. The van der Waals surface area contributed by atoms with Gasteiger partial charge in [-0.15, -0.1) is 5.10 Å². The molecule has 3 aromatic rings. The van der Waals surface area contributed by atoms with Crippen molar-refractivity contribution in [1.29, 1.82) is 0 Å². The molecule has 148 valence electrons. The molecule has 4 rings (SSSR count). The summed E-state index contributed by atoms with van der Waals surface area (Å²) in [6.07, 6.45) is 0.265. The highest BCUT2D eigenvalue weighted by Gasteiger charge is 2.35. The Bertz CT molecular complexity index is 1000. The van der Waals surface area contributed by atoms with Gasteiger partial charge in [0.25, 0.3) is 5.91 Å². The Morgan fingerprint density at radius 2 is 1.93 bits per heavy atom. The third-order valence-corrected chi connectivity index (χ3v) is 4.63. The second-order valence-electron chi connectivity index (χ2n) is 6.60. The smallest absolute Gasteiger partial charge is 0.322 e. The number of carbonyl (C=O) groups excluding carboxylic acids is 2. The molecule has 2 aromatic carbocycles. The van der Waals surface area contributed by atoms with Crippen LogP contribution < -0.4 is 15.0 Å². The summed E-state index contributed by atoms with van der Waals surface area (Å²) in [6.45, 7) is 2.94. The predicted molar refractivity (Wildman–Crippen MR) is 106 cm³/mol. The van der Waals surface area contributed by atoms with Crippen molar-refractivity contribution in [3.63, 3.8) is 0 Å². The van der Waals surface area contributed by atoms with Gasteiger partial charge in [0.2, 0.25) is 11.8 Å². The second kappa shape index (κ2) is 8.14. The van der Waals surface area contributed by atoms with E-state index in [1.54, 1.807) is 29.2 Å². The lowest BCUT2D eigenvalue weighted by Crippen LogP contribution is -2.24. The molecule has 0 unspecified atom stereocenters. The van der Waals surface area contributed by atoms with E-state index in [1.807, 2.05) is 37.3 Å². The number of amides is 2. The molecule has 0 spiro atoms. The molecule has 2 heterocycles. The standard InChI is InChI=1S/C21H20N4O4/c1-2-28-17-10-8-16(9-11-17)25-13-15(12-18(25)26)20-23-24-21(29-20)22-19(27)14-6-4-3-5-7-14/h3-11,15H,2,12-13H2,1H3,(H,22,24,27)/t15-/m0/s1. The van der Waals surface area contributed by atoms with Crippen LogP contribution in [0, 0.1) is 0 Å². The normalized spacial score (nSPS) is 16.1. The number of ether oxygens (including phenoxy) is 1. The summed E-state index contributed by atoms with van der Waals surface area (Å²) >= 11 is 0. The monoisotopic (exact) mass is 392 g/mol. The first kappa shape index (κ1) is 18.7. The molecule has 0 aliphatic carbocycles. The van der Waals surface area contributed by atoms with Crippen LogP contribution in [-0.2, 0) is 4.79 Å². The van der Waals surface area contributed by atoms with Gasteiger partial charge in [-0.05, 0) is 43.3 Å². The molecule has 1 atom stereocenters. The van der Waals surface area contributed by atoms with Crippen molar-refractivity contribution in [1.82, 2.24) is 10.2 Å². The minimum atomic E-state index is -0.334. The van der Waals surface area contributed by atoms with Crippen molar-refractivity contribution in [2.75, 3.05) is 23.4 Å². The van der Waals surface area contributed by atoms with Crippen LogP contribution in [0.3, 0.4) is 0 Å². The van der Waals surface area contributed by atoms with E-state index in [9.17, 15) is 9.59 Å². The van der Waals surface area contributed by atoms with E-state index in [2.05, 4.69) is 15.5 Å². The molecule has 0 saturated carbocycles. The number of hydrogen-bond donors (Lipinski definition) is 1. The third-order valence-electron chi connectivity index (χ3n) is 4.63. The number of nitrogens with zero attached hydrogens (tertiary/aromatic N) is 3. The Kier molecular flexibility index (Phi) is 5.24. The van der Waals surface area contributed by atoms with Crippen LogP contribution in [0.25, 0.3) is 0 Å². The second-order valence-corrected chi connectivity index (χ2v) is 6.60. The molecule has 8 heteroatoms. The number of anilines is 2. The summed E-state index contributed by atoms with van der Waals surface area (Å²) in [5, 5.41) is 10.5. The maximum atomic E-state index is 12.5. The molecule has 1 fully saturated rings. The van der Waals surface area contributed by atoms with Gasteiger partial charge in [0.05, 0.1) is 12.5 Å². The van der Waals surface area contributed by atoms with E-state index in [-0.39, 0.29) is 30.2 Å². The summed E-state index contributed by atoms with van der Waals surface area (Å²) in [5.74, 6) is 0.501. The van der Waals surface area contributed by atoms with Crippen molar-refractivity contribution in [2.24, 2.45) is 0 Å². The van der Waals surface area contributed by atoms with E-state index in [0.29, 0.717) is 24.6 Å². The van der Waals surface area contributed by atoms with E-state index in [1.165, 1.54) is 0 Å². The van der Waals surface area contributed by atoms with Crippen LogP contribution in [0.2, 0.25) is 0 Å².